The first kappa shape index (κ1) is 15.5. The molecular weight excluding hydrogens is 290 g/mol. The summed E-state index contributed by atoms with van der Waals surface area (Å²) in [5.74, 6) is 0.915. The van der Waals surface area contributed by atoms with Crippen LogP contribution in [-0.2, 0) is 16.0 Å². The van der Waals surface area contributed by atoms with E-state index >= 15 is 0 Å². The highest BCUT2D eigenvalue weighted by Gasteiger charge is 2.41. The van der Waals surface area contributed by atoms with E-state index in [-0.39, 0.29) is 5.60 Å². The second-order valence-corrected chi connectivity index (χ2v) is 7.29. The zero-order valence-electron chi connectivity index (χ0n) is 13.8. The van der Waals surface area contributed by atoms with Gasteiger partial charge in [0.25, 0.3) is 0 Å². The van der Waals surface area contributed by atoms with E-state index in [0.29, 0.717) is 6.61 Å². The molecular formula is C18H27N3O2. The van der Waals surface area contributed by atoms with Crippen molar-refractivity contribution in [3.63, 3.8) is 0 Å². The Morgan fingerprint density at radius 3 is 2.83 bits per heavy atom. The summed E-state index contributed by atoms with van der Waals surface area (Å²) in [5.41, 5.74) is 0.965. The molecule has 2 aliphatic heterocycles. The highest BCUT2D eigenvalue weighted by molar-refractivity contribution is 5.04. The van der Waals surface area contributed by atoms with Crippen LogP contribution in [0.25, 0.3) is 0 Å². The quantitative estimate of drug-likeness (QED) is 0.839. The van der Waals surface area contributed by atoms with Gasteiger partial charge in [0, 0.05) is 45.5 Å². The minimum Gasteiger partial charge on any atom is -0.377 e. The summed E-state index contributed by atoms with van der Waals surface area (Å²) < 4.78 is 12.2. The van der Waals surface area contributed by atoms with Gasteiger partial charge in [-0.3, -0.25) is 14.8 Å². The van der Waals surface area contributed by atoms with E-state index in [9.17, 15) is 0 Å². The van der Waals surface area contributed by atoms with E-state index in [1.807, 2.05) is 12.3 Å². The molecule has 1 aromatic rings. The summed E-state index contributed by atoms with van der Waals surface area (Å²) in [7, 11) is 0. The summed E-state index contributed by atoms with van der Waals surface area (Å²) >= 11 is 0. The number of rotatable bonds is 4. The van der Waals surface area contributed by atoms with Gasteiger partial charge in [0.15, 0.2) is 0 Å². The summed E-state index contributed by atoms with van der Waals surface area (Å²) in [6, 6.07) is 6.13. The van der Waals surface area contributed by atoms with E-state index in [4.69, 9.17) is 9.47 Å². The molecule has 126 valence electrons. The summed E-state index contributed by atoms with van der Waals surface area (Å²) in [4.78, 5) is 9.50. The molecule has 1 unspecified atom stereocenters. The monoisotopic (exact) mass is 317 g/mol. The van der Waals surface area contributed by atoms with Crippen LogP contribution in [0.5, 0.6) is 0 Å². The van der Waals surface area contributed by atoms with Crippen LogP contribution >= 0.6 is 0 Å². The van der Waals surface area contributed by atoms with Crippen molar-refractivity contribution in [2.75, 3.05) is 52.5 Å². The molecule has 1 atom stereocenters. The van der Waals surface area contributed by atoms with E-state index in [0.717, 1.165) is 57.5 Å². The van der Waals surface area contributed by atoms with Crippen LogP contribution in [0.1, 0.15) is 18.5 Å². The Labute approximate surface area is 138 Å². The van der Waals surface area contributed by atoms with Gasteiger partial charge >= 0.3 is 0 Å². The minimum atomic E-state index is -0.168. The standard InChI is InChI=1S/C18H27N3O2/c1-2-6-19-17(3-1)12-21-8-10-23-18(14-21)13-20(7-9-22-15-18)11-16-4-5-16/h1-3,6,16H,4-5,7-15H2. The van der Waals surface area contributed by atoms with Crippen molar-refractivity contribution in [3.8, 4) is 0 Å². The third kappa shape index (κ3) is 4.10. The molecule has 1 spiro atoms. The van der Waals surface area contributed by atoms with E-state index in [1.165, 1.54) is 19.4 Å². The molecule has 0 N–H and O–H groups in total. The molecule has 3 heterocycles. The SMILES string of the molecule is c1ccc(CN2CCOC3(COCCN(CC4CC4)C3)C2)nc1. The van der Waals surface area contributed by atoms with Gasteiger partial charge in [-0.25, -0.2) is 0 Å². The van der Waals surface area contributed by atoms with Crippen molar-refractivity contribution in [2.24, 2.45) is 5.92 Å². The topological polar surface area (TPSA) is 37.8 Å². The first-order valence-corrected chi connectivity index (χ1v) is 8.88. The second kappa shape index (κ2) is 6.85. The molecule has 4 rings (SSSR count). The van der Waals surface area contributed by atoms with Gasteiger partial charge in [0.2, 0.25) is 0 Å². The lowest BCUT2D eigenvalue weighted by Crippen LogP contribution is -2.58. The largest absolute Gasteiger partial charge is 0.377 e. The van der Waals surface area contributed by atoms with E-state index in [2.05, 4.69) is 26.9 Å². The lowest BCUT2D eigenvalue weighted by atomic mass is 10.0. The smallest absolute Gasteiger partial charge is 0.117 e. The van der Waals surface area contributed by atoms with Crippen LogP contribution in [0.4, 0.5) is 0 Å². The van der Waals surface area contributed by atoms with Crippen molar-refractivity contribution >= 4 is 0 Å². The van der Waals surface area contributed by atoms with Crippen LogP contribution in [-0.4, -0.2) is 72.9 Å². The van der Waals surface area contributed by atoms with Crippen molar-refractivity contribution in [3.05, 3.63) is 30.1 Å². The normalized spacial score (nSPS) is 30.4. The number of ether oxygens (including phenoxy) is 2. The predicted octanol–water partition coefficient (Wildman–Crippen LogP) is 1.39. The Hall–Kier alpha value is -1.01. The lowest BCUT2D eigenvalue weighted by Gasteiger charge is -2.43. The second-order valence-electron chi connectivity index (χ2n) is 7.29. The lowest BCUT2D eigenvalue weighted by molar-refractivity contribution is -0.143. The fourth-order valence-electron chi connectivity index (χ4n) is 3.77. The Bertz CT molecular complexity index is 508. The molecule has 23 heavy (non-hydrogen) atoms. The Morgan fingerprint density at radius 1 is 1.13 bits per heavy atom. The Balaban J connectivity index is 1.41. The van der Waals surface area contributed by atoms with Crippen LogP contribution < -0.4 is 0 Å². The number of hydrogen-bond donors (Lipinski definition) is 0. The highest BCUT2D eigenvalue weighted by atomic mass is 16.5. The van der Waals surface area contributed by atoms with Gasteiger partial charge < -0.3 is 9.47 Å². The van der Waals surface area contributed by atoms with Gasteiger partial charge in [0.05, 0.1) is 25.5 Å². The van der Waals surface area contributed by atoms with Crippen molar-refractivity contribution in [2.45, 2.75) is 25.0 Å². The molecule has 3 fully saturated rings. The number of aromatic nitrogens is 1. The molecule has 5 heteroatoms. The third-order valence-electron chi connectivity index (χ3n) is 5.08. The molecule has 0 bridgehead atoms. The van der Waals surface area contributed by atoms with Gasteiger partial charge in [0.1, 0.15) is 5.60 Å². The minimum absolute atomic E-state index is 0.168. The summed E-state index contributed by atoms with van der Waals surface area (Å²) in [6.07, 6.45) is 4.67. The fraction of sp³-hybridized carbons (Fsp3) is 0.722. The summed E-state index contributed by atoms with van der Waals surface area (Å²) in [5, 5.41) is 0. The van der Waals surface area contributed by atoms with Crippen molar-refractivity contribution in [1.29, 1.82) is 0 Å². The molecule has 1 aliphatic carbocycles. The Morgan fingerprint density at radius 2 is 2.00 bits per heavy atom. The molecule has 0 aromatic carbocycles. The predicted molar refractivity (Wildman–Crippen MR) is 88.2 cm³/mol. The van der Waals surface area contributed by atoms with Crippen molar-refractivity contribution < 1.29 is 9.47 Å². The molecule has 5 nitrogen and oxygen atoms in total. The van der Waals surface area contributed by atoms with E-state index < -0.39 is 0 Å². The molecule has 1 saturated carbocycles. The molecule has 0 amide bonds. The molecule has 2 saturated heterocycles. The van der Waals surface area contributed by atoms with Crippen LogP contribution in [0.15, 0.2) is 24.4 Å². The summed E-state index contributed by atoms with van der Waals surface area (Å²) in [6.45, 7) is 8.40. The molecule has 0 radical (unpaired) electrons. The zero-order chi connectivity index (χ0) is 15.5. The average Bonchev–Trinajstić information content (AvgIpc) is 3.38. The first-order valence-electron chi connectivity index (χ1n) is 8.88. The number of pyridine rings is 1. The van der Waals surface area contributed by atoms with Gasteiger partial charge in [-0.2, -0.15) is 0 Å². The van der Waals surface area contributed by atoms with Gasteiger partial charge in [-0.05, 0) is 30.9 Å². The van der Waals surface area contributed by atoms with Gasteiger partial charge in [-0.1, -0.05) is 6.07 Å². The van der Waals surface area contributed by atoms with Crippen LogP contribution in [0.3, 0.4) is 0 Å². The first-order chi connectivity index (χ1) is 11.3. The maximum absolute atomic E-state index is 6.26. The number of nitrogens with zero attached hydrogens (tertiary/aromatic N) is 3. The highest BCUT2D eigenvalue weighted by Crippen LogP contribution is 2.31. The molecule has 3 aliphatic rings. The maximum atomic E-state index is 6.26. The average molecular weight is 317 g/mol. The van der Waals surface area contributed by atoms with Gasteiger partial charge in [-0.15, -0.1) is 0 Å². The zero-order valence-corrected chi connectivity index (χ0v) is 13.8. The maximum Gasteiger partial charge on any atom is 0.117 e. The van der Waals surface area contributed by atoms with Crippen LogP contribution in [0, 0.1) is 5.92 Å². The fourth-order valence-corrected chi connectivity index (χ4v) is 3.77. The third-order valence-corrected chi connectivity index (χ3v) is 5.08. The molecule has 1 aromatic heterocycles. The Kier molecular flexibility index (Phi) is 4.62. The van der Waals surface area contributed by atoms with Crippen LogP contribution in [0.2, 0.25) is 0 Å². The number of morpholine rings is 1. The van der Waals surface area contributed by atoms with Crippen molar-refractivity contribution in [1.82, 2.24) is 14.8 Å². The van der Waals surface area contributed by atoms with E-state index in [1.54, 1.807) is 0 Å². The number of hydrogen-bond acceptors (Lipinski definition) is 5.